The van der Waals surface area contributed by atoms with E-state index in [0.717, 1.165) is 0 Å². The number of carbonyl (C=O) groups excluding carboxylic acids is 1. The second-order valence-corrected chi connectivity index (χ2v) is 7.00. The molecule has 2 N–H and O–H groups in total. The molecule has 22 heavy (non-hydrogen) atoms. The molecule has 1 aliphatic rings. The maximum atomic E-state index is 11.1. The normalized spacial score (nSPS) is 20.7. The molecule has 0 bridgehead atoms. The molecule has 1 heterocycles. The van der Waals surface area contributed by atoms with Gasteiger partial charge >= 0.3 is 0 Å². The summed E-state index contributed by atoms with van der Waals surface area (Å²) in [6.07, 6.45) is 1.33. The molecule has 0 aromatic heterocycles. The summed E-state index contributed by atoms with van der Waals surface area (Å²) in [4.78, 5) is 11.1. The van der Waals surface area contributed by atoms with Crippen molar-refractivity contribution in [3.8, 4) is 11.5 Å². The number of phenolic OH excluding ortho intramolecular Hbond substituents is 1. The Morgan fingerprint density at radius 3 is 2.64 bits per heavy atom. The first-order valence-corrected chi connectivity index (χ1v) is 7.47. The number of hydrogen-bond donors (Lipinski definition) is 2. The van der Waals surface area contributed by atoms with Crippen molar-refractivity contribution in [3.63, 3.8) is 0 Å². The molecule has 0 spiro atoms. The van der Waals surface area contributed by atoms with Gasteiger partial charge in [0.25, 0.3) is 0 Å². The van der Waals surface area contributed by atoms with E-state index >= 15 is 0 Å². The van der Waals surface area contributed by atoms with Gasteiger partial charge in [0, 0.05) is 5.56 Å². The number of hydrogen-bond acceptors (Lipinski definition) is 5. The first-order valence-electron chi connectivity index (χ1n) is 7.47. The van der Waals surface area contributed by atoms with E-state index < -0.39 is 11.7 Å². The van der Waals surface area contributed by atoms with Crippen LogP contribution in [-0.4, -0.2) is 40.4 Å². The number of ether oxygens (including phenoxy) is 2. The lowest BCUT2D eigenvalue weighted by Crippen LogP contribution is -2.49. The summed E-state index contributed by atoms with van der Waals surface area (Å²) in [6, 6.07) is 3.07. The van der Waals surface area contributed by atoms with Gasteiger partial charge in [0.15, 0.2) is 6.29 Å². The van der Waals surface area contributed by atoms with E-state index in [-0.39, 0.29) is 23.5 Å². The Labute approximate surface area is 130 Å². The predicted molar refractivity (Wildman–Crippen MR) is 82.6 cm³/mol. The summed E-state index contributed by atoms with van der Waals surface area (Å²) < 4.78 is 11.5. The number of aromatic hydroxyl groups is 1. The van der Waals surface area contributed by atoms with Gasteiger partial charge in [-0.3, -0.25) is 4.79 Å². The van der Waals surface area contributed by atoms with Crippen LogP contribution in [0.4, 0.5) is 0 Å². The Balaban J connectivity index is 2.16. The zero-order chi connectivity index (χ0) is 16.5. The quantitative estimate of drug-likeness (QED) is 0.836. The molecule has 1 aromatic rings. The Morgan fingerprint density at radius 1 is 1.36 bits per heavy atom. The van der Waals surface area contributed by atoms with Crippen molar-refractivity contribution in [3.05, 3.63) is 23.3 Å². The Morgan fingerprint density at radius 2 is 2.05 bits per heavy atom. The first-order chi connectivity index (χ1) is 10.1. The lowest BCUT2D eigenvalue weighted by molar-refractivity contribution is -0.136. The second kappa shape index (κ2) is 5.89. The Bertz CT molecular complexity index is 557. The van der Waals surface area contributed by atoms with Gasteiger partial charge in [-0.2, -0.15) is 0 Å². The molecular formula is C17H24O5. The maximum Gasteiger partial charge on any atom is 0.154 e. The van der Waals surface area contributed by atoms with Crippen LogP contribution >= 0.6 is 0 Å². The van der Waals surface area contributed by atoms with Gasteiger partial charge in [-0.05, 0) is 52.7 Å². The van der Waals surface area contributed by atoms with Crippen LogP contribution in [0.5, 0.6) is 11.5 Å². The monoisotopic (exact) mass is 308 g/mol. The number of phenols is 1. The number of fused-ring (bicyclic) bond motifs is 1. The van der Waals surface area contributed by atoms with Crippen molar-refractivity contribution in [2.45, 2.75) is 57.8 Å². The molecule has 2 atom stereocenters. The summed E-state index contributed by atoms with van der Waals surface area (Å²) >= 11 is 0. The molecule has 0 fully saturated rings. The highest BCUT2D eigenvalue weighted by Crippen LogP contribution is 2.36. The summed E-state index contributed by atoms with van der Waals surface area (Å²) in [7, 11) is 0. The van der Waals surface area contributed by atoms with Gasteiger partial charge in [0.05, 0.1) is 17.8 Å². The van der Waals surface area contributed by atoms with Crippen LogP contribution in [-0.2, 0) is 11.2 Å². The van der Waals surface area contributed by atoms with Crippen LogP contribution in [0.1, 0.15) is 50.0 Å². The standard InChI is InChI=1S/C17H24O5/c1-16(2,3)21-10-17(4,20)15-8-5-11-12(9-18)13(19)6-7-14(11)22-15/h6-7,9,15,19-20H,5,8,10H2,1-4H3/t15-,17-/m1/s1. The molecule has 0 saturated heterocycles. The zero-order valence-corrected chi connectivity index (χ0v) is 13.5. The van der Waals surface area contributed by atoms with Gasteiger partial charge in [-0.25, -0.2) is 0 Å². The van der Waals surface area contributed by atoms with Gasteiger partial charge in [0.2, 0.25) is 0 Å². The lowest BCUT2D eigenvalue weighted by atomic mass is 9.89. The van der Waals surface area contributed by atoms with Crippen LogP contribution in [0.15, 0.2) is 12.1 Å². The predicted octanol–water partition coefficient (Wildman–Crippen LogP) is 2.46. The average Bonchev–Trinajstić information content (AvgIpc) is 2.44. The van der Waals surface area contributed by atoms with Gasteiger partial charge in [0.1, 0.15) is 23.2 Å². The number of benzene rings is 1. The molecule has 1 aliphatic heterocycles. The van der Waals surface area contributed by atoms with Crippen LogP contribution in [0.2, 0.25) is 0 Å². The minimum atomic E-state index is -1.13. The molecule has 0 saturated carbocycles. The maximum absolute atomic E-state index is 11.1. The summed E-state index contributed by atoms with van der Waals surface area (Å²) in [6.45, 7) is 7.64. The molecule has 2 rings (SSSR count). The number of aldehydes is 1. The summed E-state index contributed by atoms with van der Waals surface area (Å²) in [5.74, 6) is 0.491. The molecule has 122 valence electrons. The third-order valence-electron chi connectivity index (χ3n) is 3.83. The SMILES string of the molecule is CC(C)(C)OC[C@@](C)(O)[C@H]1CCc2c(ccc(O)c2C=O)O1. The van der Waals surface area contributed by atoms with Gasteiger partial charge in [-0.1, -0.05) is 0 Å². The molecule has 1 aromatic carbocycles. The van der Waals surface area contributed by atoms with E-state index in [9.17, 15) is 15.0 Å². The largest absolute Gasteiger partial charge is 0.507 e. The molecule has 5 nitrogen and oxygen atoms in total. The molecule has 5 heteroatoms. The average molecular weight is 308 g/mol. The smallest absolute Gasteiger partial charge is 0.154 e. The van der Waals surface area contributed by atoms with E-state index in [1.54, 1.807) is 13.0 Å². The Hall–Kier alpha value is -1.59. The van der Waals surface area contributed by atoms with E-state index in [0.29, 0.717) is 30.4 Å². The minimum absolute atomic E-state index is 0.0429. The number of carbonyl (C=O) groups is 1. The van der Waals surface area contributed by atoms with Crippen LogP contribution in [0.3, 0.4) is 0 Å². The van der Waals surface area contributed by atoms with Crippen molar-refractivity contribution in [2.24, 2.45) is 0 Å². The first kappa shape index (κ1) is 16.8. The fourth-order valence-electron chi connectivity index (χ4n) is 2.51. The lowest BCUT2D eigenvalue weighted by Gasteiger charge is -2.38. The molecular weight excluding hydrogens is 284 g/mol. The minimum Gasteiger partial charge on any atom is -0.507 e. The fourth-order valence-corrected chi connectivity index (χ4v) is 2.51. The topological polar surface area (TPSA) is 76.0 Å². The van der Waals surface area contributed by atoms with Crippen LogP contribution in [0.25, 0.3) is 0 Å². The molecule has 0 radical (unpaired) electrons. The van der Waals surface area contributed by atoms with Crippen LogP contribution in [0, 0.1) is 0 Å². The Kier molecular flexibility index (Phi) is 4.49. The fraction of sp³-hybridized carbons (Fsp3) is 0.588. The van der Waals surface area contributed by atoms with Crippen molar-refractivity contribution in [1.29, 1.82) is 0 Å². The van der Waals surface area contributed by atoms with E-state index in [4.69, 9.17) is 9.47 Å². The third-order valence-corrected chi connectivity index (χ3v) is 3.83. The highest BCUT2D eigenvalue weighted by Gasteiger charge is 2.38. The van der Waals surface area contributed by atoms with E-state index in [2.05, 4.69) is 0 Å². The van der Waals surface area contributed by atoms with Gasteiger partial charge in [-0.15, -0.1) is 0 Å². The number of aliphatic hydroxyl groups is 1. The molecule has 0 unspecified atom stereocenters. The van der Waals surface area contributed by atoms with Gasteiger partial charge < -0.3 is 19.7 Å². The highest BCUT2D eigenvalue weighted by molar-refractivity contribution is 5.83. The van der Waals surface area contributed by atoms with Crippen molar-refractivity contribution in [1.82, 2.24) is 0 Å². The number of rotatable bonds is 4. The third kappa shape index (κ3) is 3.59. The van der Waals surface area contributed by atoms with Crippen LogP contribution < -0.4 is 4.74 Å². The van der Waals surface area contributed by atoms with E-state index in [1.165, 1.54) is 6.07 Å². The van der Waals surface area contributed by atoms with E-state index in [1.807, 2.05) is 20.8 Å². The molecule has 0 aliphatic carbocycles. The summed E-state index contributed by atoms with van der Waals surface area (Å²) in [5.41, 5.74) is -0.516. The van der Waals surface area contributed by atoms with Crippen molar-refractivity contribution >= 4 is 6.29 Å². The highest BCUT2D eigenvalue weighted by atomic mass is 16.5. The van der Waals surface area contributed by atoms with Crippen molar-refractivity contribution in [2.75, 3.05) is 6.61 Å². The molecule has 0 amide bonds. The summed E-state index contributed by atoms with van der Waals surface area (Å²) in [5, 5.41) is 20.4. The second-order valence-electron chi connectivity index (χ2n) is 7.00. The van der Waals surface area contributed by atoms with Crippen molar-refractivity contribution < 1.29 is 24.5 Å². The zero-order valence-electron chi connectivity index (χ0n) is 13.5.